The van der Waals surface area contributed by atoms with Crippen molar-refractivity contribution in [3.63, 3.8) is 0 Å². The number of benzene rings is 2. The Hall–Kier alpha value is -3.39. The second-order valence-corrected chi connectivity index (χ2v) is 6.79. The quantitative estimate of drug-likeness (QED) is 0.560. The Morgan fingerprint density at radius 2 is 1.59 bits per heavy atom. The van der Waals surface area contributed by atoms with Gasteiger partial charge in [-0.2, -0.15) is 0 Å². The fourth-order valence-corrected chi connectivity index (χ4v) is 3.32. The third kappa shape index (κ3) is 4.55. The molecule has 2 amide bonds. The molecule has 2 aromatic carbocycles. The molecule has 8 heteroatoms. The maximum absolute atomic E-state index is 12.1. The molecular weight excluding hydrogens is 376 g/mol. The van der Waals surface area contributed by atoms with Crippen molar-refractivity contribution < 1.29 is 29.3 Å². The number of carboxylic acids is 1. The number of hydrogen-bond donors (Lipinski definition) is 4. The number of aliphatic carboxylic acids is 1. The third-order valence-corrected chi connectivity index (χ3v) is 4.83. The van der Waals surface area contributed by atoms with Gasteiger partial charge in [0, 0.05) is 5.92 Å². The first-order valence-electron chi connectivity index (χ1n) is 9.18. The van der Waals surface area contributed by atoms with Gasteiger partial charge in [-0.3, -0.25) is 4.79 Å². The van der Waals surface area contributed by atoms with Crippen LogP contribution in [0, 0.1) is 0 Å². The predicted octanol–water partition coefficient (Wildman–Crippen LogP) is 1.48. The SMILES string of the molecule is CC(NC(=O)OCC1c2ccccc2-c2ccccc21)C(=O)NCC(O)C(=O)O. The van der Waals surface area contributed by atoms with Gasteiger partial charge in [0.2, 0.25) is 5.91 Å². The van der Waals surface area contributed by atoms with Crippen molar-refractivity contribution >= 4 is 18.0 Å². The first-order chi connectivity index (χ1) is 13.9. The van der Waals surface area contributed by atoms with Gasteiger partial charge in [0.25, 0.3) is 0 Å². The van der Waals surface area contributed by atoms with E-state index in [9.17, 15) is 19.5 Å². The number of ether oxygens (including phenoxy) is 1. The van der Waals surface area contributed by atoms with Crippen LogP contribution in [0.15, 0.2) is 48.5 Å². The number of alkyl carbamates (subject to hydrolysis) is 1. The molecule has 8 nitrogen and oxygen atoms in total. The summed E-state index contributed by atoms with van der Waals surface area (Å²) in [6.07, 6.45) is -2.46. The van der Waals surface area contributed by atoms with Crippen LogP contribution in [-0.4, -0.2) is 53.5 Å². The van der Waals surface area contributed by atoms with E-state index in [2.05, 4.69) is 10.6 Å². The van der Waals surface area contributed by atoms with Crippen LogP contribution in [0.5, 0.6) is 0 Å². The van der Waals surface area contributed by atoms with Crippen LogP contribution in [0.3, 0.4) is 0 Å². The van der Waals surface area contributed by atoms with Crippen molar-refractivity contribution in [2.24, 2.45) is 0 Å². The zero-order valence-electron chi connectivity index (χ0n) is 15.8. The Kier molecular flexibility index (Phi) is 6.13. The maximum Gasteiger partial charge on any atom is 0.407 e. The van der Waals surface area contributed by atoms with Crippen LogP contribution in [0.25, 0.3) is 11.1 Å². The minimum Gasteiger partial charge on any atom is -0.479 e. The van der Waals surface area contributed by atoms with Crippen LogP contribution >= 0.6 is 0 Å². The molecule has 0 bridgehead atoms. The first-order valence-corrected chi connectivity index (χ1v) is 9.18. The zero-order chi connectivity index (χ0) is 21.0. The van der Waals surface area contributed by atoms with Gasteiger partial charge in [-0.25, -0.2) is 9.59 Å². The molecule has 0 aromatic heterocycles. The molecule has 0 spiro atoms. The summed E-state index contributed by atoms with van der Waals surface area (Å²) in [7, 11) is 0. The average molecular weight is 398 g/mol. The van der Waals surface area contributed by atoms with Crippen molar-refractivity contribution in [1.82, 2.24) is 10.6 Å². The highest BCUT2D eigenvalue weighted by atomic mass is 16.5. The standard InChI is InChI=1S/C21H22N2O6/c1-12(19(25)22-10-18(24)20(26)27)23-21(28)29-11-17-15-8-4-2-6-13(15)14-7-3-5-9-16(14)17/h2-9,12,17-18,24H,10-11H2,1H3,(H,22,25)(H,23,28)(H,26,27). The Labute approximate surface area is 167 Å². The first kappa shape index (κ1) is 20.3. The van der Waals surface area contributed by atoms with E-state index in [0.29, 0.717) is 0 Å². The van der Waals surface area contributed by atoms with Crippen LogP contribution in [0.1, 0.15) is 24.0 Å². The van der Waals surface area contributed by atoms with E-state index in [1.807, 2.05) is 48.5 Å². The van der Waals surface area contributed by atoms with E-state index in [1.54, 1.807) is 0 Å². The lowest BCUT2D eigenvalue weighted by molar-refractivity contribution is -0.146. The monoisotopic (exact) mass is 398 g/mol. The lowest BCUT2D eigenvalue weighted by atomic mass is 9.98. The summed E-state index contributed by atoms with van der Waals surface area (Å²) in [5.74, 6) is -2.16. The number of amides is 2. The van der Waals surface area contributed by atoms with Gasteiger partial charge in [0.15, 0.2) is 6.10 Å². The number of carbonyl (C=O) groups excluding carboxylic acids is 2. The van der Waals surface area contributed by atoms with E-state index in [-0.39, 0.29) is 12.5 Å². The van der Waals surface area contributed by atoms with Crippen molar-refractivity contribution in [2.75, 3.05) is 13.2 Å². The lowest BCUT2D eigenvalue weighted by Crippen LogP contribution is -2.47. The molecule has 0 aliphatic heterocycles. The highest BCUT2D eigenvalue weighted by Gasteiger charge is 2.29. The van der Waals surface area contributed by atoms with Crippen molar-refractivity contribution in [1.29, 1.82) is 0 Å². The molecule has 1 aliphatic carbocycles. The van der Waals surface area contributed by atoms with E-state index in [4.69, 9.17) is 9.84 Å². The van der Waals surface area contributed by atoms with Crippen molar-refractivity contribution in [3.05, 3.63) is 59.7 Å². The lowest BCUT2D eigenvalue weighted by Gasteiger charge is -2.17. The van der Waals surface area contributed by atoms with Crippen LogP contribution in [-0.2, 0) is 14.3 Å². The van der Waals surface area contributed by atoms with Gasteiger partial charge in [0.05, 0.1) is 6.54 Å². The third-order valence-electron chi connectivity index (χ3n) is 4.83. The smallest absolute Gasteiger partial charge is 0.407 e. The van der Waals surface area contributed by atoms with Gasteiger partial charge in [0.1, 0.15) is 12.6 Å². The molecule has 4 N–H and O–H groups in total. The average Bonchev–Trinajstić information content (AvgIpc) is 3.04. The molecule has 0 saturated carbocycles. The second-order valence-electron chi connectivity index (χ2n) is 6.79. The molecule has 1 aliphatic rings. The van der Waals surface area contributed by atoms with Gasteiger partial charge < -0.3 is 25.6 Å². The molecular formula is C21H22N2O6. The molecule has 0 fully saturated rings. The van der Waals surface area contributed by atoms with Gasteiger partial charge in [-0.1, -0.05) is 48.5 Å². The summed E-state index contributed by atoms with van der Waals surface area (Å²) in [5, 5.41) is 22.4. The summed E-state index contributed by atoms with van der Waals surface area (Å²) in [6.45, 7) is 1.10. The zero-order valence-corrected chi connectivity index (χ0v) is 15.8. The molecule has 0 saturated heterocycles. The fourth-order valence-electron chi connectivity index (χ4n) is 3.32. The summed E-state index contributed by atoms with van der Waals surface area (Å²) >= 11 is 0. The summed E-state index contributed by atoms with van der Waals surface area (Å²) in [5.41, 5.74) is 4.38. The largest absolute Gasteiger partial charge is 0.479 e. The molecule has 0 radical (unpaired) electrons. The Morgan fingerprint density at radius 3 is 2.14 bits per heavy atom. The van der Waals surface area contributed by atoms with Crippen LogP contribution < -0.4 is 10.6 Å². The van der Waals surface area contributed by atoms with E-state index in [0.717, 1.165) is 22.3 Å². The number of rotatable bonds is 7. The Morgan fingerprint density at radius 1 is 1.03 bits per heavy atom. The fraction of sp³-hybridized carbons (Fsp3) is 0.286. The number of carbonyl (C=O) groups is 3. The molecule has 2 unspecified atom stereocenters. The highest BCUT2D eigenvalue weighted by molar-refractivity contribution is 5.86. The van der Waals surface area contributed by atoms with E-state index < -0.39 is 36.7 Å². The number of hydrogen-bond acceptors (Lipinski definition) is 5. The molecule has 29 heavy (non-hydrogen) atoms. The molecule has 2 aromatic rings. The molecule has 3 rings (SSSR count). The Balaban J connectivity index is 1.56. The number of fused-ring (bicyclic) bond motifs is 3. The molecule has 2 atom stereocenters. The van der Waals surface area contributed by atoms with Gasteiger partial charge >= 0.3 is 12.1 Å². The summed E-state index contributed by atoms with van der Waals surface area (Å²) in [4.78, 5) is 34.6. The topological polar surface area (TPSA) is 125 Å². The van der Waals surface area contributed by atoms with Gasteiger partial charge in [-0.05, 0) is 29.2 Å². The van der Waals surface area contributed by atoms with Crippen LogP contribution in [0.2, 0.25) is 0 Å². The Bertz CT molecular complexity index is 883. The molecule has 0 heterocycles. The summed E-state index contributed by atoms with van der Waals surface area (Å²) < 4.78 is 5.35. The number of carboxylic acid groups (broad SMARTS) is 1. The highest BCUT2D eigenvalue weighted by Crippen LogP contribution is 2.44. The minimum absolute atomic E-state index is 0.0944. The van der Waals surface area contributed by atoms with Crippen molar-refractivity contribution in [2.45, 2.75) is 25.0 Å². The number of aliphatic hydroxyl groups excluding tert-OH is 1. The van der Waals surface area contributed by atoms with Crippen molar-refractivity contribution in [3.8, 4) is 11.1 Å². The predicted molar refractivity (Wildman–Crippen MR) is 104 cm³/mol. The number of nitrogens with one attached hydrogen (secondary N) is 2. The number of aliphatic hydroxyl groups is 1. The maximum atomic E-state index is 12.1. The second kappa shape index (κ2) is 8.74. The normalized spacial score (nSPS) is 14.3. The summed E-state index contributed by atoms with van der Waals surface area (Å²) in [6, 6.07) is 14.9. The van der Waals surface area contributed by atoms with E-state index in [1.165, 1.54) is 6.92 Å². The van der Waals surface area contributed by atoms with Crippen LogP contribution in [0.4, 0.5) is 4.79 Å². The van der Waals surface area contributed by atoms with Gasteiger partial charge in [-0.15, -0.1) is 0 Å². The molecule has 152 valence electrons. The minimum atomic E-state index is -1.71. The van der Waals surface area contributed by atoms with E-state index >= 15 is 0 Å².